The van der Waals surface area contributed by atoms with Crippen molar-refractivity contribution in [2.24, 2.45) is 11.7 Å². The smallest absolute Gasteiger partial charge is 0.138 e. The summed E-state index contributed by atoms with van der Waals surface area (Å²) in [6.45, 7) is 4.34. The zero-order valence-electron chi connectivity index (χ0n) is 10.3. The van der Waals surface area contributed by atoms with Crippen LogP contribution in [0.5, 0.6) is 0 Å². The fourth-order valence-electron chi connectivity index (χ4n) is 1.39. The molecule has 0 spiro atoms. The maximum atomic E-state index is 13.9. The van der Waals surface area contributed by atoms with Crippen LogP contribution < -0.4 is 5.73 Å². The maximum absolute atomic E-state index is 13.9. The Morgan fingerprint density at radius 3 is 2.82 bits per heavy atom. The lowest BCUT2D eigenvalue weighted by Gasteiger charge is -2.09. The van der Waals surface area contributed by atoms with E-state index in [-0.39, 0.29) is 17.2 Å². The molecule has 0 heterocycles. The fourth-order valence-corrected chi connectivity index (χ4v) is 2.59. The minimum Gasteiger partial charge on any atom is -0.384 e. The summed E-state index contributed by atoms with van der Waals surface area (Å²) in [4.78, 5) is 0. The number of hydrogen-bond donors (Lipinski definition) is 2. The van der Waals surface area contributed by atoms with Crippen molar-refractivity contribution in [2.75, 3.05) is 5.75 Å². The highest BCUT2D eigenvalue weighted by Crippen LogP contribution is 2.21. The maximum Gasteiger partial charge on any atom is 0.138 e. The monoisotopic (exact) mass is 254 g/mol. The molecule has 0 aliphatic rings. The Morgan fingerprint density at radius 1 is 1.53 bits per heavy atom. The number of nitrogens with one attached hydrogen (secondary N) is 1. The van der Waals surface area contributed by atoms with E-state index in [0.29, 0.717) is 17.2 Å². The van der Waals surface area contributed by atoms with Crippen LogP contribution in [0, 0.1) is 17.1 Å². The number of amidine groups is 1. The van der Waals surface area contributed by atoms with Crippen molar-refractivity contribution in [2.45, 2.75) is 26.0 Å². The number of nitrogens with two attached hydrogens (primary N) is 1. The molecule has 0 aromatic heterocycles. The summed E-state index contributed by atoms with van der Waals surface area (Å²) in [6.07, 6.45) is 1.14. The van der Waals surface area contributed by atoms with Gasteiger partial charge >= 0.3 is 0 Å². The van der Waals surface area contributed by atoms with Crippen LogP contribution in [0.4, 0.5) is 4.39 Å². The lowest BCUT2D eigenvalue weighted by Crippen LogP contribution is -2.14. The van der Waals surface area contributed by atoms with Crippen molar-refractivity contribution in [1.82, 2.24) is 0 Å². The molecular formula is C13H19FN2S. The zero-order valence-corrected chi connectivity index (χ0v) is 11.1. The Labute approximate surface area is 106 Å². The van der Waals surface area contributed by atoms with Crippen LogP contribution in [-0.2, 0) is 5.75 Å². The molecular weight excluding hydrogens is 235 g/mol. The van der Waals surface area contributed by atoms with Gasteiger partial charge in [0.05, 0.1) is 5.56 Å². The summed E-state index contributed by atoms with van der Waals surface area (Å²) < 4.78 is 13.9. The van der Waals surface area contributed by atoms with Gasteiger partial charge in [-0.2, -0.15) is 11.8 Å². The predicted octanol–water partition coefficient (Wildman–Crippen LogP) is 3.39. The molecule has 0 bridgehead atoms. The van der Waals surface area contributed by atoms with Gasteiger partial charge in [-0.1, -0.05) is 32.4 Å². The summed E-state index contributed by atoms with van der Waals surface area (Å²) in [7, 11) is 0. The Kier molecular flexibility index (Phi) is 5.48. The second-order valence-electron chi connectivity index (χ2n) is 4.22. The topological polar surface area (TPSA) is 49.9 Å². The van der Waals surface area contributed by atoms with Gasteiger partial charge in [-0.3, -0.25) is 5.41 Å². The number of benzene rings is 1. The van der Waals surface area contributed by atoms with Crippen LogP contribution in [0.3, 0.4) is 0 Å². The predicted molar refractivity (Wildman–Crippen MR) is 73.0 cm³/mol. The van der Waals surface area contributed by atoms with E-state index in [2.05, 4.69) is 13.8 Å². The Bertz CT molecular complexity index is 393. The van der Waals surface area contributed by atoms with Crippen LogP contribution in [0.25, 0.3) is 0 Å². The minimum absolute atomic E-state index is 0.201. The first-order valence-corrected chi connectivity index (χ1v) is 6.91. The molecule has 1 unspecified atom stereocenters. The van der Waals surface area contributed by atoms with Crippen molar-refractivity contribution in [1.29, 1.82) is 5.41 Å². The molecule has 0 radical (unpaired) electrons. The summed E-state index contributed by atoms with van der Waals surface area (Å²) in [5, 5.41) is 7.28. The highest BCUT2D eigenvalue weighted by Gasteiger charge is 2.10. The van der Waals surface area contributed by atoms with E-state index in [1.54, 1.807) is 30.0 Å². The second kappa shape index (κ2) is 6.64. The van der Waals surface area contributed by atoms with Gasteiger partial charge in [0.25, 0.3) is 0 Å². The normalized spacial score (nSPS) is 12.4. The fraction of sp³-hybridized carbons (Fsp3) is 0.462. The first-order valence-electron chi connectivity index (χ1n) is 5.75. The molecule has 1 aromatic rings. The van der Waals surface area contributed by atoms with Gasteiger partial charge in [0, 0.05) is 5.75 Å². The van der Waals surface area contributed by atoms with Crippen LogP contribution in [0.15, 0.2) is 18.2 Å². The van der Waals surface area contributed by atoms with Crippen molar-refractivity contribution in [3.05, 3.63) is 35.1 Å². The zero-order chi connectivity index (χ0) is 12.8. The molecule has 1 rings (SSSR count). The molecule has 1 aromatic carbocycles. The summed E-state index contributed by atoms with van der Waals surface area (Å²) in [5.41, 5.74) is 6.15. The van der Waals surface area contributed by atoms with E-state index in [1.807, 2.05) is 0 Å². The molecule has 17 heavy (non-hydrogen) atoms. The summed E-state index contributed by atoms with van der Waals surface area (Å²) in [5.74, 6) is 1.75. The summed E-state index contributed by atoms with van der Waals surface area (Å²) in [6, 6.07) is 5.05. The highest BCUT2D eigenvalue weighted by molar-refractivity contribution is 7.98. The first-order chi connectivity index (χ1) is 8.06. The third kappa shape index (κ3) is 4.04. The second-order valence-corrected chi connectivity index (χ2v) is 5.25. The number of thioether (sulfide) groups is 1. The van der Waals surface area contributed by atoms with Gasteiger partial charge in [0.1, 0.15) is 11.7 Å². The van der Waals surface area contributed by atoms with Gasteiger partial charge in [-0.05, 0) is 23.3 Å². The molecule has 94 valence electrons. The molecule has 1 atom stereocenters. The van der Waals surface area contributed by atoms with Crippen molar-refractivity contribution in [3.8, 4) is 0 Å². The molecule has 0 aliphatic heterocycles. The molecule has 0 fully saturated rings. The number of nitrogen functional groups attached to an aromatic ring is 1. The van der Waals surface area contributed by atoms with Crippen molar-refractivity contribution in [3.63, 3.8) is 0 Å². The van der Waals surface area contributed by atoms with Crippen molar-refractivity contribution < 1.29 is 4.39 Å². The lowest BCUT2D eigenvalue weighted by molar-refractivity contribution is 0.613. The van der Waals surface area contributed by atoms with Gasteiger partial charge in [0.2, 0.25) is 0 Å². The van der Waals surface area contributed by atoms with Crippen LogP contribution in [-0.4, -0.2) is 11.6 Å². The van der Waals surface area contributed by atoms with E-state index in [9.17, 15) is 4.39 Å². The number of hydrogen-bond acceptors (Lipinski definition) is 2. The van der Waals surface area contributed by atoms with E-state index in [4.69, 9.17) is 11.1 Å². The van der Waals surface area contributed by atoms with Crippen molar-refractivity contribution >= 4 is 17.6 Å². The Balaban J connectivity index is 2.66. The van der Waals surface area contributed by atoms with Gasteiger partial charge < -0.3 is 5.73 Å². The standard InChI is InChI=1S/C13H19FN2S/c1-3-9(2)7-17-8-10-5-4-6-11(12(10)14)13(15)16/h4-6,9H,3,7-8H2,1-2H3,(H3,15,16). The third-order valence-electron chi connectivity index (χ3n) is 2.73. The molecule has 0 amide bonds. The lowest BCUT2D eigenvalue weighted by atomic mass is 10.1. The SMILES string of the molecule is CCC(C)CSCc1cccc(C(=N)N)c1F. The molecule has 2 nitrogen and oxygen atoms in total. The molecule has 0 aliphatic carbocycles. The largest absolute Gasteiger partial charge is 0.384 e. The van der Waals surface area contributed by atoms with E-state index < -0.39 is 0 Å². The van der Waals surface area contributed by atoms with E-state index in [1.165, 1.54) is 0 Å². The van der Waals surface area contributed by atoms with E-state index in [0.717, 1.165) is 12.2 Å². The average molecular weight is 254 g/mol. The molecule has 4 heteroatoms. The summed E-state index contributed by atoms with van der Waals surface area (Å²) >= 11 is 1.72. The van der Waals surface area contributed by atoms with Crippen LogP contribution in [0.2, 0.25) is 0 Å². The number of halogens is 1. The van der Waals surface area contributed by atoms with Gasteiger partial charge in [-0.25, -0.2) is 4.39 Å². The Hall–Kier alpha value is -1.03. The quantitative estimate of drug-likeness (QED) is 0.604. The average Bonchev–Trinajstić information content (AvgIpc) is 2.30. The Morgan fingerprint density at radius 2 is 2.24 bits per heavy atom. The van der Waals surface area contributed by atoms with E-state index >= 15 is 0 Å². The molecule has 0 saturated carbocycles. The number of rotatable bonds is 6. The minimum atomic E-state index is -0.350. The van der Waals surface area contributed by atoms with Gasteiger partial charge in [0.15, 0.2) is 0 Å². The third-order valence-corrected chi connectivity index (χ3v) is 4.05. The first kappa shape index (κ1) is 14.0. The van der Waals surface area contributed by atoms with Crippen LogP contribution >= 0.6 is 11.8 Å². The molecule has 3 N–H and O–H groups in total. The highest BCUT2D eigenvalue weighted by atomic mass is 32.2. The van der Waals surface area contributed by atoms with Gasteiger partial charge in [-0.15, -0.1) is 0 Å². The van der Waals surface area contributed by atoms with Crippen LogP contribution in [0.1, 0.15) is 31.4 Å². The molecule has 0 saturated heterocycles.